The predicted octanol–water partition coefficient (Wildman–Crippen LogP) is 11.8. The number of furan rings is 1. The number of para-hydroxylation sites is 6. The van der Waals surface area contributed by atoms with Crippen molar-refractivity contribution in [3.05, 3.63) is 152 Å². The summed E-state index contributed by atoms with van der Waals surface area (Å²) in [4.78, 5) is 5.05. The monoisotopic (exact) mass is 642 g/mol. The molecule has 5 heteroatoms. The molecule has 0 aliphatic rings. The number of rotatable bonds is 4. The molecular formula is C45H30N4O. The van der Waals surface area contributed by atoms with E-state index in [1.54, 1.807) is 0 Å². The van der Waals surface area contributed by atoms with E-state index in [1.165, 1.54) is 27.1 Å². The van der Waals surface area contributed by atoms with Gasteiger partial charge in [0.25, 0.3) is 0 Å². The molecule has 4 heterocycles. The first-order valence-corrected chi connectivity index (χ1v) is 17.2. The fourth-order valence-electron chi connectivity index (χ4n) is 8.37. The largest absolute Gasteiger partial charge is 0.454 e. The average Bonchev–Trinajstić information content (AvgIpc) is 3.93. The first kappa shape index (κ1) is 27.4. The van der Waals surface area contributed by atoms with Crippen molar-refractivity contribution in [2.24, 2.45) is 0 Å². The molecule has 0 aliphatic heterocycles. The number of hydrogen-bond donors (Lipinski definition) is 0. The number of aryl methyl sites for hydroxylation is 1. The van der Waals surface area contributed by atoms with Crippen molar-refractivity contribution in [3.8, 4) is 22.8 Å². The first-order valence-electron chi connectivity index (χ1n) is 17.2. The molecule has 0 atom stereocenters. The molecule has 0 bridgehead atoms. The molecule has 0 amide bonds. The minimum atomic E-state index is 0.850. The van der Waals surface area contributed by atoms with Gasteiger partial charge in [-0.05, 0) is 73.7 Å². The lowest BCUT2D eigenvalue weighted by Crippen LogP contribution is -1.99. The SMILES string of the molecule is CCn1c(-c2ccc(-n3c4ccccc4c4c5c6ccccc6oc5c5c(c6ccccc6n5-c5ccccc5)c43)cc2)nc2ccccc21. The van der Waals surface area contributed by atoms with E-state index in [1.807, 2.05) is 0 Å². The smallest absolute Gasteiger partial charge is 0.160 e. The van der Waals surface area contributed by atoms with Gasteiger partial charge in [0, 0.05) is 55.8 Å². The average molecular weight is 643 g/mol. The molecule has 0 fully saturated rings. The van der Waals surface area contributed by atoms with Crippen molar-refractivity contribution < 1.29 is 4.42 Å². The Hall–Kier alpha value is -6.59. The van der Waals surface area contributed by atoms with Gasteiger partial charge in [0.05, 0.1) is 33.1 Å². The lowest BCUT2D eigenvalue weighted by atomic mass is 10.0. The standard InChI is InChI=1S/C45H30N4O/c1-2-47-37-22-12-9-19-34(37)46-45(47)28-24-26-30(27-25-28)48-35-20-10-6-16-31(35)39-40-33-18-8-13-23-38(33)50-44(40)43-41(42(39)48)32-17-7-11-21-36(32)49(43)29-14-4-3-5-15-29/h3-27H,2H2,1H3. The second kappa shape index (κ2) is 10.2. The summed E-state index contributed by atoms with van der Waals surface area (Å²) in [6, 6.07) is 54.0. The molecule has 0 N–H and O–H groups in total. The van der Waals surface area contributed by atoms with Crippen LogP contribution >= 0.6 is 0 Å². The van der Waals surface area contributed by atoms with E-state index < -0.39 is 0 Å². The zero-order chi connectivity index (χ0) is 32.9. The maximum absolute atomic E-state index is 6.90. The van der Waals surface area contributed by atoms with Crippen LogP contribution in [0.15, 0.2) is 156 Å². The Labute approximate surface area is 286 Å². The Morgan fingerprint density at radius 3 is 1.82 bits per heavy atom. The Kier molecular flexibility index (Phi) is 5.59. The number of benzene rings is 7. The summed E-state index contributed by atoms with van der Waals surface area (Å²) < 4.78 is 14.0. The van der Waals surface area contributed by atoms with E-state index in [4.69, 9.17) is 9.40 Å². The minimum absolute atomic E-state index is 0.850. The third-order valence-corrected chi connectivity index (χ3v) is 10.4. The zero-order valence-corrected chi connectivity index (χ0v) is 27.3. The van der Waals surface area contributed by atoms with Gasteiger partial charge in [0.2, 0.25) is 0 Å². The lowest BCUT2D eigenvalue weighted by molar-refractivity contribution is 0.671. The second-order valence-electron chi connectivity index (χ2n) is 13.0. The maximum atomic E-state index is 6.90. The topological polar surface area (TPSA) is 40.8 Å². The highest BCUT2D eigenvalue weighted by Crippen LogP contribution is 2.49. The fourth-order valence-corrected chi connectivity index (χ4v) is 8.37. The van der Waals surface area contributed by atoms with Gasteiger partial charge >= 0.3 is 0 Å². The first-order chi connectivity index (χ1) is 24.8. The van der Waals surface area contributed by atoms with Gasteiger partial charge in [-0.25, -0.2) is 4.98 Å². The van der Waals surface area contributed by atoms with Crippen LogP contribution in [0.5, 0.6) is 0 Å². The van der Waals surface area contributed by atoms with Crippen LogP contribution in [0.25, 0.3) is 99.3 Å². The Morgan fingerprint density at radius 1 is 0.500 bits per heavy atom. The second-order valence-corrected chi connectivity index (χ2v) is 13.0. The van der Waals surface area contributed by atoms with Crippen LogP contribution in [-0.4, -0.2) is 18.7 Å². The molecule has 7 aromatic carbocycles. The van der Waals surface area contributed by atoms with Crippen LogP contribution in [0.3, 0.4) is 0 Å². The quantitative estimate of drug-likeness (QED) is 0.192. The van der Waals surface area contributed by atoms with Gasteiger partial charge < -0.3 is 18.1 Å². The van der Waals surface area contributed by atoms with Crippen LogP contribution in [0.4, 0.5) is 0 Å². The van der Waals surface area contributed by atoms with Crippen molar-refractivity contribution in [1.29, 1.82) is 0 Å². The zero-order valence-electron chi connectivity index (χ0n) is 27.3. The lowest BCUT2D eigenvalue weighted by Gasteiger charge is -2.12. The van der Waals surface area contributed by atoms with E-state index >= 15 is 0 Å². The highest BCUT2D eigenvalue weighted by Gasteiger charge is 2.27. The molecule has 0 spiro atoms. The number of aromatic nitrogens is 4. The van der Waals surface area contributed by atoms with E-state index in [0.29, 0.717) is 0 Å². The van der Waals surface area contributed by atoms with Crippen LogP contribution in [0.1, 0.15) is 6.92 Å². The Balaban J connectivity index is 1.31. The van der Waals surface area contributed by atoms with Crippen LogP contribution in [-0.2, 0) is 6.54 Å². The third-order valence-electron chi connectivity index (χ3n) is 10.4. The van der Waals surface area contributed by atoms with Crippen LogP contribution < -0.4 is 0 Å². The number of hydrogen-bond acceptors (Lipinski definition) is 2. The summed E-state index contributed by atoms with van der Waals surface area (Å²) in [6.45, 7) is 3.03. The summed E-state index contributed by atoms with van der Waals surface area (Å²) >= 11 is 0. The summed E-state index contributed by atoms with van der Waals surface area (Å²) in [7, 11) is 0. The van der Waals surface area contributed by atoms with E-state index in [0.717, 1.165) is 78.8 Å². The summed E-state index contributed by atoms with van der Waals surface area (Å²) in [5.41, 5.74) is 11.8. The van der Waals surface area contributed by atoms with Gasteiger partial charge in [-0.2, -0.15) is 0 Å². The van der Waals surface area contributed by atoms with Crippen LogP contribution in [0.2, 0.25) is 0 Å². The van der Waals surface area contributed by atoms with Gasteiger partial charge in [-0.15, -0.1) is 0 Å². The number of fused-ring (bicyclic) bond motifs is 13. The molecule has 50 heavy (non-hydrogen) atoms. The van der Waals surface area contributed by atoms with E-state index in [9.17, 15) is 0 Å². The van der Waals surface area contributed by atoms with Crippen LogP contribution in [0, 0.1) is 0 Å². The number of nitrogens with zero attached hydrogens (tertiary/aromatic N) is 4. The molecule has 0 radical (unpaired) electrons. The fraction of sp³-hybridized carbons (Fsp3) is 0.0444. The molecule has 0 aliphatic carbocycles. The van der Waals surface area contributed by atoms with Gasteiger partial charge in [-0.3, -0.25) is 0 Å². The van der Waals surface area contributed by atoms with Crippen molar-refractivity contribution in [2.45, 2.75) is 13.5 Å². The van der Waals surface area contributed by atoms with E-state index in [-0.39, 0.29) is 0 Å². The maximum Gasteiger partial charge on any atom is 0.160 e. The molecule has 0 saturated heterocycles. The number of imidazole rings is 1. The van der Waals surface area contributed by atoms with Gasteiger partial charge in [-0.1, -0.05) is 84.9 Å². The minimum Gasteiger partial charge on any atom is -0.454 e. The molecule has 11 aromatic rings. The van der Waals surface area contributed by atoms with Gasteiger partial charge in [0.1, 0.15) is 11.4 Å². The van der Waals surface area contributed by atoms with E-state index in [2.05, 4.69) is 172 Å². The molecule has 0 unspecified atom stereocenters. The third kappa shape index (κ3) is 3.58. The highest BCUT2D eigenvalue weighted by atomic mass is 16.3. The molecule has 4 aromatic heterocycles. The molecule has 11 rings (SSSR count). The highest BCUT2D eigenvalue weighted by molar-refractivity contribution is 6.39. The Morgan fingerprint density at radius 2 is 1.08 bits per heavy atom. The summed E-state index contributed by atoms with van der Waals surface area (Å²) in [6.07, 6.45) is 0. The van der Waals surface area contributed by atoms with Crippen molar-refractivity contribution in [2.75, 3.05) is 0 Å². The summed E-state index contributed by atoms with van der Waals surface area (Å²) in [5.74, 6) is 0.988. The normalized spacial score (nSPS) is 12.2. The molecule has 5 nitrogen and oxygen atoms in total. The Bertz CT molecular complexity index is 3120. The van der Waals surface area contributed by atoms with Gasteiger partial charge in [0.15, 0.2) is 5.58 Å². The van der Waals surface area contributed by atoms with Crippen molar-refractivity contribution >= 4 is 76.6 Å². The summed E-state index contributed by atoms with van der Waals surface area (Å²) in [5, 5.41) is 7.05. The molecule has 0 saturated carbocycles. The van der Waals surface area contributed by atoms with Crippen molar-refractivity contribution in [3.63, 3.8) is 0 Å². The predicted molar refractivity (Wildman–Crippen MR) is 207 cm³/mol. The molecule has 236 valence electrons. The molecular weight excluding hydrogens is 613 g/mol. The van der Waals surface area contributed by atoms with Crippen molar-refractivity contribution in [1.82, 2.24) is 18.7 Å².